The van der Waals surface area contributed by atoms with Crippen LogP contribution in [0.3, 0.4) is 0 Å². The van der Waals surface area contributed by atoms with Gasteiger partial charge in [0, 0.05) is 19.7 Å². The Morgan fingerprint density at radius 2 is 2.05 bits per heavy atom. The van der Waals surface area contributed by atoms with E-state index in [1.165, 1.54) is 11.3 Å². The summed E-state index contributed by atoms with van der Waals surface area (Å²) < 4.78 is 39.0. The molecule has 0 aliphatic carbocycles. The number of nitrogens with zero attached hydrogens (tertiary/aromatic N) is 3. The van der Waals surface area contributed by atoms with Gasteiger partial charge in [-0.1, -0.05) is 0 Å². The van der Waals surface area contributed by atoms with Crippen LogP contribution < -0.4 is 4.90 Å². The average molecular weight is 387 g/mol. The number of aromatic nitrogens is 2. The number of hydrogen-bond acceptors (Lipinski definition) is 4. The fourth-order valence-corrected chi connectivity index (χ4v) is 2.91. The van der Waals surface area contributed by atoms with Crippen LogP contribution in [0.1, 0.15) is 11.3 Å². The Morgan fingerprint density at radius 1 is 1.35 bits per heavy atom. The monoisotopic (exact) mass is 385 g/mol. The van der Waals surface area contributed by atoms with Crippen LogP contribution >= 0.6 is 38.9 Å². The molecule has 20 heavy (non-hydrogen) atoms. The minimum atomic E-state index is -4.55. The molecule has 2 aromatic heterocycles. The summed E-state index contributed by atoms with van der Waals surface area (Å²) in [5.41, 5.74) is -0.0847. The van der Waals surface area contributed by atoms with Gasteiger partial charge in [0.2, 0.25) is 5.28 Å². The van der Waals surface area contributed by atoms with Crippen molar-refractivity contribution in [3.05, 3.63) is 37.8 Å². The molecule has 2 rings (SSSR count). The lowest BCUT2D eigenvalue weighted by molar-refractivity contribution is -0.141. The third-order valence-corrected chi connectivity index (χ3v) is 4.13. The van der Waals surface area contributed by atoms with Crippen molar-refractivity contribution in [2.45, 2.75) is 12.7 Å². The molecule has 0 saturated carbocycles. The summed E-state index contributed by atoms with van der Waals surface area (Å²) in [6.45, 7) is 0.423. The smallest absolute Gasteiger partial charge is 0.355 e. The van der Waals surface area contributed by atoms with E-state index in [2.05, 4.69) is 25.9 Å². The zero-order chi connectivity index (χ0) is 14.9. The molecular weight excluding hydrogens is 379 g/mol. The van der Waals surface area contributed by atoms with E-state index in [-0.39, 0.29) is 5.82 Å². The highest BCUT2D eigenvalue weighted by molar-refractivity contribution is 9.11. The van der Waals surface area contributed by atoms with E-state index in [1.54, 1.807) is 11.9 Å². The number of rotatable bonds is 3. The van der Waals surface area contributed by atoms with Crippen LogP contribution in [0, 0.1) is 0 Å². The van der Waals surface area contributed by atoms with E-state index in [1.807, 2.05) is 11.4 Å². The van der Waals surface area contributed by atoms with Crippen molar-refractivity contribution in [3.63, 3.8) is 0 Å². The van der Waals surface area contributed by atoms with Crippen molar-refractivity contribution in [3.8, 4) is 0 Å². The molecule has 0 spiro atoms. The van der Waals surface area contributed by atoms with Crippen LogP contribution in [0.15, 0.2) is 21.3 Å². The van der Waals surface area contributed by atoms with E-state index < -0.39 is 17.2 Å². The second-order valence-electron chi connectivity index (χ2n) is 3.99. The van der Waals surface area contributed by atoms with E-state index in [9.17, 15) is 13.2 Å². The molecule has 0 saturated heterocycles. The molecule has 0 aliphatic heterocycles. The highest BCUT2D eigenvalue weighted by Crippen LogP contribution is 2.31. The number of hydrogen-bond donors (Lipinski definition) is 0. The van der Waals surface area contributed by atoms with Crippen LogP contribution in [0.4, 0.5) is 19.0 Å². The second-order valence-corrected chi connectivity index (χ2v) is 6.62. The van der Waals surface area contributed by atoms with Crippen LogP contribution in [0.2, 0.25) is 5.28 Å². The Hall–Kier alpha value is -0.860. The molecule has 2 heterocycles. The quantitative estimate of drug-likeness (QED) is 0.721. The van der Waals surface area contributed by atoms with Crippen LogP contribution in [-0.4, -0.2) is 17.0 Å². The summed E-state index contributed by atoms with van der Waals surface area (Å²) >= 11 is 10.4. The van der Waals surface area contributed by atoms with Gasteiger partial charge in [-0.2, -0.15) is 13.2 Å². The van der Waals surface area contributed by atoms with E-state index >= 15 is 0 Å². The zero-order valence-electron chi connectivity index (χ0n) is 10.1. The van der Waals surface area contributed by atoms with E-state index in [0.717, 1.165) is 15.4 Å². The molecular formula is C11H8BrClF3N3S. The topological polar surface area (TPSA) is 29.0 Å². The molecule has 0 amide bonds. The standard InChI is InChI=1S/C11H8BrClF3N3S/c1-19(4-6-2-8(12)20-5-6)9-3-7(11(14,15)16)17-10(13)18-9/h2-3,5H,4H2,1H3. The molecule has 0 radical (unpaired) electrons. The fraction of sp³-hybridized carbons (Fsp3) is 0.273. The first-order valence-corrected chi connectivity index (χ1v) is 7.36. The summed E-state index contributed by atoms with van der Waals surface area (Å²) in [5, 5.41) is 1.49. The Balaban J connectivity index is 2.25. The largest absolute Gasteiger partial charge is 0.433 e. The summed E-state index contributed by atoms with van der Waals surface area (Å²) in [7, 11) is 1.64. The summed E-state index contributed by atoms with van der Waals surface area (Å²) in [4.78, 5) is 8.60. The summed E-state index contributed by atoms with van der Waals surface area (Å²) in [6.07, 6.45) is -4.55. The van der Waals surface area contributed by atoms with Gasteiger partial charge in [0.05, 0.1) is 3.79 Å². The van der Waals surface area contributed by atoms with Crippen molar-refractivity contribution in [2.24, 2.45) is 0 Å². The highest BCUT2D eigenvalue weighted by Gasteiger charge is 2.33. The molecule has 0 aromatic carbocycles. The maximum Gasteiger partial charge on any atom is 0.433 e. The minimum absolute atomic E-state index is 0.125. The molecule has 2 aromatic rings. The maximum atomic E-state index is 12.7. The molecule has 0 bridgehead atoms. The van der Waals surface area contributed by atoms with Gasteiger partial charge in [-0.05, 0) is 44.5 Å². The SMILES string of the molecule is CN(Cc1csc(Br)c1)c1cc(C(F)(F)F)nc(Cl)n1. The minimum Gasteiger partial charge on any atom is -0.355 e. The Kier molecular flexibility index (Phi) is 4.55. The molecule has 0 N–H and O–H groups in total. The molecule has 0 fully saturated rings. The number of anilines is 1. The predicted molar refractivity (Wildman–Crippen MR) is 76.2 cm³/mol. The lowest BCUT2D eigenvalue weighted by Gasteiger charge is -2.18. The fourth-order valence-electron chi connectivity index (χ4n) is 1.53. The lowest BCUT2D eigenvalue weighted by Crippen LogP contribution is -2.19. The summed E-state index contributed by atoms with van der Waals surface area (Å²) in [5.74, 6) is 0.125. The van der Waals surface area contributed by atoms with Gasteiger partial charge in [0.1, 0.15) is 5.82 Å². The van der Waals surface area contributed by atoms with Crippen molar-refractivity contribution in [2.75, 3.05) is 11.9 Å². The number of alkyl halides is 3. The molecule has 0 unspecified atom stereocenters. The Morgan fingerprint density at radius 3 is 2.60 bits per heavy atom. The van der Waals surface area contributed by atoms with Gasteiger partial charge in [-0.25, -0.2) is 9.97 Å². The van der Waals surface area contributed by atoms with Crippen molar-refractivity contribution in [1.29, 1.82) is 0 Å². The Bertz CT molecular complexity index is 617. The molecule has 9 heteroatoms. The van der Waals surface area contributed by atoms with Crippen LogP contribution in [-0.2, 0) is 12.7 Å². The van der Waals surface area contributed by atoms with Gasteiger partial charge in [0.15, 0.2) is 5.69 Å². The molecule has 108 valence electrons. The average Bonchev–Trinajstić information content (AvgIpc) is 2.72. The van der Waals surface area contributed by atoms with Gasteiger partial charge in [-0.3, -0.25) is 0 Å². The normalized spacial score (nSPS) is 11.7. The lowest BCUT2D eigenvalue weighted by atomic mass is 10.3. The van der Waals surface area contributed by atoms with E-state index in [4.69, 9.17) is 11.6 Å². The number of halogens is 5. The predicted octanol–water partition coefficient (Wildman–Crippen LogP) is 4.61. The first-order valence-electron chi connectivity index (χ1n) is 5.31. The molecule has 0 atom stereocenters. The second kappa shape index (κ2) is 5.87. The van der Waals surface area contributed by atoms with E-state index in [0.29, 0.717) is 6.54 Å². The Labute approximate surface area is 130 Å². The van der Waals surface area contributed by atoms with Crippen molar-refractivity contribution >= 4 is 44.7 Å². The van der Waals surface area contributed by atoms with Gasteiger partial charge >= 0.3 is 6.18 Å². The zero-order valence-corrected chi connectivity index (χ0v) is 13.2. The van der Waals surface area contributed by atoms with Crippen LogP contribution in [0.5, 0.6) is 0 Å². The third-order valence-electron chi connectivity index (χ3n) is 2.41. The molecule has 0 aliphatic rings. The third kappa shape index (κ3) is 3.83. The molecule has 3 nitrogen and oxygen atoms in total. The van der Waals surface area contributed by atoms with Crippen molar-refractivity contribution in [1.82, 2.24) is 9.97 Å². The van der Waals surface area contributed by atoms with Gasteiger partial charge in [0.25, 0.3) is 0 Å². The first-order chi connectivity index (χ1) is 9.25. The van der Waals surface area contributed by atoms with Gasteiger partial charge < -0.3 is 4.90 Å². The number of thiophene rings is 1. The highest BCUT2D eigenvalue weighted by atomic mass is 79.9. The summed E-state index contributed by atoms with van der Waals surface area (Å²) in [6, 6.07) is 2.78. The van der Waals surface area contributed by atoms with Crippen molar-refractivity contribution < 1.29 is 13.2 Å². The van der Waals surface area contributed by atoms with Gasteiger partial charge in [-0.15, -0.1) is 11.3 Å². The van der Waals surface area contributed by atoms with Crippen LogP contribution in [0.25, 0.3) is 0 Å². The first kappa shape index (κ1) is 15.5. The maximum absolute atomic E-state index is 12.7.